The Morgan fingerprint density at radius 3 is 3.05 bits per heavy atom. The van der Waals surface area contributed by atoms with Crippen LogP contribution in [0.1, 0.15) is 10.5 Å². The van der Waals surface area contributed by atoms with Crippen LogP contribution in [-0.2, 0) is 0 Å². The molecule has 1 N–H and O–H groups in total. The van der Waals surface area contributed by atoms with Gasteiger partial charge in [-0.1, -0.05) is 12.1 Å². The molecule has 0 atom stereocenters. The Morgan fingerprint density at radius 1 is 1.50 bits per heavy atom. The lowest BCUT2D eigenvalue weighted by molar-refractivity contribution is 0.0760. The van der Waals surface area contributed by atoms with Gasteiger partial charge < -0.3 is 10.0 Å². The molecule has 7 heteroatoms. The third kappa shape index (κ3) is 2.60. The summed E-state index contributed by atoms with van der Waals surface area (Å²) in [5.74, 6) is -0.517. The van der Waals surface area contributed by atoms with Gasteiger partial charge in [0.1, 0.15) is 11.5 Å². The Bertz CT molecular complexity index is 827. The minimum absolute atomic E-state index is 0.0893. The van der Waals surface area contributed by atoms with Gasteiger partial charge >= 0.3 is 0 Å². The van der Waals surface area contributed by atoms with Crippen molar-refractivity contribution >= 4 is 22.2 Å². The molecule has 0 bridgehead atoms. The largest absolute Gasteiger partial charge is 0.395 e. The molecule has 0 unspecified atom stereocenters. The van der Waals surface area contributed by atoms with Crippen LogP contribution in [0.25, 0.3) is 16.2 Å². The van der Waals surface area contributed by atoms with E-state index in [2.05, 4.69) is 4.98 Å². The molecule has 3 rings (SSSR count). The van der Waals surface area contributed by atoms with E-state index in [1.54, 1.807) is 35.2 Å². The van der Waals surface area contributed by atoms with Crippen LogP contribution in [0.2, 0.25) is 0 Å². The van der Waals surface area contributed by atoms with Crippen molar-refractivity contribution in [1.82, 2.24) is 14.3 Å². The summed E-state index contributed by atoms with van der Waals surface area (Å²) < 4.78 is 15.0. The Hall–Kier alpha value is -2.25. The highest BCUT2D eigenvalue weighted by Gasteiger charge is 2.18. The van der Waals surface area contributed by atoms with Gasteiger partial charge in [0.15, 0.2) is 4.96 Å². The molecule has 22 heavy (non-hydrogen) atoms. The zero-order valence-corrected chi connectivity index (χ0v) is 12.7. The average Bonchev–Trinajstić information content (AvgIpc) is 3.06. The maximum Gasteiger partial charge on any atom is 0.271 e. The predicted octanol–water partition coefficient (Wildman–Crippen LogP) is 2.27. The number of imidazole rings is 1. The number of carbonyl (C=O) groups excluding carboxylic acids is 1. The second-order valence-electron chi connectivity index (χ2n) is 4.86. The summed E-state index contributed by atoms with van der Waals surface area (Å²) in [5, 5.41) is 10.7. The van der Waals surface area contributed by atoms with Crippen LogP contribution < -0.4 is 0 Å². The van der Waals surface area contributed by atoms with Gasteiger partial charge in [0, 0.05) is 30.7 Å². The fourth-order valence-corrected chi connectivity index (χ4v) is 3.02. The van der Waals surface area contributed by atoms with Gasteiger partial charge in [-0.15, -0.1) is 11.3 Å². The first-order chi connectivity index (χ1) is 10.6. The van der Waals surface area contributed by atoms with Crippen LogP contribution in [0.15, 0.2) is 35.8 Å². The number of thiazole rings is 1. The number of aliphatic hydroxyl groups excluding tert-OH is 1. The maximum atomic E-state index is 13.3. The molecule has 2 heterocycles. The molecule has 0 fully saturated rings. The number of halogens is 1. The van der Waals surface area contributed by atoms with E-state index in [1.165, 1.54) is 28.4 Å². The smallest absolute Gasteiger partial charge is 0.271 e. The first-order valence-electron chi connectivity index (χ1n) is 6.69. The minimum atomic E-state index is -0.326. The monoisotopic (exact) mass is 319 g/mol. The Kier molecular flexibility index (Phi) is 3.91. The number of hydrogen-bond acceptors (Lipinski definition) is 4. The van der Waals surface area contributed by atoms with E-state index in [-0.39, 0.29) is 24.9 Å². The summed E-state index contributed by atoms with van der Waals surface area (Å²) in [5.41, 5.74) is 1.76. The molecular weight excluding hydrogens is 305 g/mol. The summed E-state index contributed by atoms with van der Waals surface area (Å²) in [6, 6.07) is 6.18. The molecule has 0 saturated heterocycles. The number of nitrogens with zero attached hydrogens (tertiary/aromatic N) is 3. The molecule has 0 radical (unpaired) electrons. The quantitative estimate of drug-likeness (QED) is 0.802. The Balaban J connectivity index is 2.00. The van der Waals surface area contributed by atoms with E-state index in [0.29, 0.717) is 21.9 Å². The summed E-state index contributed by atoms with van der Waals surface area (Å²) in [4.78, 5) is 18.9. The van der Waals surface area contributed by atoms with Crippen molar-refractivity contribution in [1.29, 1.82) is 0 Å². The summed E-state index contributed by atoms with van der Waals surface area (Å²) in [7, 11) is 1.63. The Morgan fingerprint density at radius 2 is 2.32 bits per heavy atom. The lowest BCUT2D eigenvalue weighted by atomic mass is 10.2. The van der Waals surface area contributed by atoms with E-state index in [0.717, 1.165) is 0 Å². The highest BCUT2D eigenvalue weighted by atomic mass is 32.1. The molecule has 0 aliphatic heterocycles. The molecule has 1 aromatic carbocycles. The van der Waals surface area contributed by atoms with Crippen LogP contribution in [0, 0.1) is 5.82 Å². The number of rotatable bonds is 4. The molecule has 114 valence electrons. The number of aromatic nitrogens is 2. The highest BCUT2D eigenvalue weighted by Crippen LogP contribution is 2.24. The molecule has 0 aliphatic rings. The predicted molar refractivity (Wildman–Crippen MR) is 82.5 cm³/mol. The normalized spacial score (nSPS) is 11.0. The van der Waals surface area contributed by atoms with Crippen molar-refractivity contribution in [2.45, 2.75) is 0 Å². The van der Waals surface area contributed by atoms with Gasteiger partial charge in [-0.05, 0) is 12.1 Å². The van der Waals surface area contributed by atoms with Crippen LogP contribution in [0.5, 0.6) is 0 Å². The minimum Gasteiger partial charge on any atom is -0.395 e. The molecule has 0 saturated carbocycles. The SMILES string of the molecule is CN(CCO)C(=O)c1csc2nc(-c3cccc(F)c3)cn12. The van der Waals surface area contributed by atoms with E-state index < -0.39 is 0 Å². The van der Waals surface area contributed by atoms with Gasteiger partial charge in [-0.2, -0.15) is 0 Å². The Labute approximate surface area is 130 Å². The zero-order chi connectivity index (χ0) is 15.7. The fraction of sp³-hybridized carbons (Fsp3) is 0.200. The fourth-order valence-electron chi connectivity index (χ4n) is 2.17. The number of fused-ring (bicyclic) bond motifs is 1. The lowest BCUT2D eigenvalue weighted by Gasteiger charge is -2.14. The van der Waals surface area contributed by atoms with Crippen molar-refractivity contribution in [3.05, 3.63) is 47.4 Å². The van der Waals surface area contributed by atoms with Crippen molar-refractivity contribution in [3.8, 4) is 11.3 Å². The number of benzene rings is 1. The molecule has 2 aromatic heterocycles. The second-order valence-corrected chi connectivity index (χ2v) is 5.70. The average molecular weight is 319 g/mol. The van der Waals surface area contributed by atoms with E-state index in [9.17, 15) is 9.18 Å². The standard InChI is InChI=1S/C15H14FN3O2S/c1-18(5-6-20)14(21)13-9-22-15-17-12(8-19(13)15)10-3-2-4-11(16)7-10/h2-4,7-9,20H,5-6H2,1H3. The first-order valence-corrected chi connectivity index (χ1v) is 7.57. The number of aliphatic hydroxyl groups is 1. The topological polar surface area (TPSA) is 57.8 Å². The third-order valence-corrected chi connectivity index (χ3v) is 4.17. The van der Waals surface area contributed by atoms with Crippen LogP contribution in [0.4, 0.5) is 4.39 Å². The second kappa shape index (κ2) is 5.86. The molecular formula is C15H14FN3O2S. The van der Waals surface area contributed by atoms with Gasteiger partial charge in [0.25, 0.3) is 5.91 Å². The number of amides is 1. The van der Waals surface area contributed by atoms with Gasteiger partial charge in [0.2, 0.25) is 0 Å². The van der Waals surface area contributed by atoms with Gasteiger partial charge in [-0.3, -0.25) is 9.20 Å². The first kappa shape index (κ1) is 14.7. The van der Waals surface area contributed by atoms with Gasteiger partial charge in [0.05, 0.1) is 12.3 Å². The summed E-state index contributed by atoms with van der Waals surface area (Å²) in [6.07, 6.45) is 1.72. The molecule has 3 aromatic rings. The lowest BCUT2D eigenvalue weighted by Crippen LogP contribution is -2.30. The molecule has 1 amide bonds. The molecule has 0 spiro atoms. The summed E-state index contributed by atoms with van der Waals surface area (Å²) >= 11 is 1.35. The highest BCUT2D eigenvalue weighted by molar-refractivity contribution is 7.15. The van der Waals surface area contributed by atoms with Crippen molar-refractivity contribution in [2.24, 2.45) is 0 Å². The number of hydrogen-bond donors (Lipinski definition) is 1. The molecule has 0 aliphatic carbocycles. The van der Waals surface area contributed by atoms with Crippen LogP contribution in [-0.4, -0.2) is 45.5 Å². The van der Waals surface area contributed by atoms with Crippen molar-refractivity contribution < 1.29 is 14.3 Å². The third-order valence-electron chi connectivity index (χ3n) is 3.33. The van der Waals surface area contributed by atoms with Gasteiger partial charge in [-0.25, -0.2) is 9.37 Å². The number of carbonyl (C=O) groups is 1. The number of likely N-dealkylation sites (N-methyl/N-ethyl adjacent to an activating group) is 1. The molecule has 5 nitrogen and oxygen atoms in total. The van der Waals surface area contributed by atoms with E-state index in [4.69, 9.17) is 5.11 Å². The maximum absolute atomic E-state index is 13.3. The van der Waals surface area contributed by atoms with E-state index in [1.807, 2.05) is 0 Å². The van der Waals surface area contributed by atoms with Crippen LogP contribution >= 0.6 is 11.3 Å². The summed E-state index contributed by atoms with van der Waals surface area (Å²) in [6.45, 7) is 0.176. The van der Waals surface area contributed by atoms with E-state index >= 15 is 0 Å². The zero-order valence-electron chi connectivity index (χ0n) is 11.9. The van der Waals surface area contributed by atoms with Crippen molar-refractivity contribution in [2.75, 3.05) is 20.2 Å². The van der Waals surface area contributed by atoms with Crippen LogP contribution in [0.3, 0.4) is 0 Å². The van der Waals surface area contributed by atoms with Crippen molar-refractivity contribution in [3.63, 3.8) is 0 Å².